The van der Waals surface area contributed by atoms with Crippen molar-refractivity contribution in [1.29, 1.82) is 0 Å². The van der Waals surface area contributed by atoms with Crippen molar-refractivity contribution in [2.75, 3.05) is 46.4 Å². The predicted octanol–water partition coefficient (Wildman–Crippen LogP) is 2.31. The highest BCUT2D eigenvalue weighted by molar-refractivity contribution is 5.85. The lowest BCUT2D eigenvalue weighted by molar-refractivity contribution is -0.135. The second-order valence-electron chi connectivity index (χ2n) is 7.83. The topological polar surface area (TPSA) is 58.8 Å². The van der Waals surface area contributed by atoms with E-state index in [4.69, 9.17) is 10.5 Å². The molecule has 1 amide bonds. The van der Waals surface area contributed by atoms with Gasteiger partial charge < -0.3 is 15.4 Å². The zero-order chi connectivity index (χ0) is 16.2. The zero-order valence-corrected chi connectivity index (χ0v) is 17.0. The molecule has 7 heteroatoms. The summed E-state index contributed by atoms with van der Waals surface area (Å²) in [6, 6.07) is 0. The second kappa shape index (κ2) is 10.2. The van der Waals surface area contributed by atoms with Crippen LogP contribution in [0, 0.1) is 5.41 Å². The molecule has 0 unspecified atom stereocenters. The molecule has 1 aliphatic carbocycles. The molecule has 24 heavy (non-hydrogen) atoms. The molecule has 0 spiro atoms. The average Bonchev–Trinajstić information content (AvgIpc) is 2.97. The summed E-state index contributed by atoms with van der Waals surface area (Å²) in [4.78, 5) is 17.2. The van der Waals surface area contributed by atoms with Crippen molar-refractivity contribution in [2.24, 2.45) is 11.1 Å². The lowest BCUT2D eigenvalue weighted by atomic mass is 9.88. The van der Waals surface area contributed by atoms with Gasteiger partial charge in [-0.25, -0.2) is 0 Å². The quantitative estimate of drug-likeness (QED) is 0.764. The molecule has 0 aromatic carbocycles. The highest BCUT2D eigenvalue weighted by atomic mass is 35.5. The van der Waals surface area contributed by atoms with Crippen LogP contribution in [0.2, 0.25) is 0 Å². The van der Waals surface area contributed by atoms with Crippen LogP contribution < -0.4 is 5.73 Å². The summed E-state index contributed by atoms with van der Waals surface area (Å²) in [7, 11) is 1.92. The SMILES string of the molecule is CN(CC(C)(C)CN)C(=O)CC1(N2CCOCC2)CCCC1.Cl.Cl. The van der Waals surface area contributed by atoms with Crippen LogP contribution in [0.25, 0.3) is 0 Å². The first-order chi connectivity index (χ1) is 10.4. The van der Waals surface area contributed by atoms with Gasteiger partial charge in [-0.3, -0.25) is 9.69 Å². The van der Waals surface area contributed by atoms with Gasteiger partial charge in [0.1, 0.15) is 0 Å². The van der Waals surface area contributed by atoms with Crippen LogP contribution in [0.15, 0.2) is 0 Å². The number of carbonyl (C=O) groups is 1. The first-order valence-electron chi connectivity index (χ1n) is 8.65. The van der Waals surface area contributed by atoms with Gasteiger partial charge in [0.15, 0.2) is 0 Å². The van der Waals surface area contributed by atoms with Gasteiger partial charge in [-0.05, 0) is 24.8 Å². The summed E-state index contributed by atoms with van der Waals surface area (Å²) < 4.78 is 5.49. The van der Waals surface area contributed by atoms with Gasteiger partial charge in [0, 0.05) is 38.6 Å². The van der Waals surface area contributed by atoms with E-state index < -0.39 is 0 Å². The minimum atomic E-state index is -0.0216. The standard InChI is InChI=1S/C17H33N3O2.2ClH/c1-16(2,13-18)14-19(3)15(21)12-17(6-4-5-7-17)20-8-10-22-11-9-20;;/h4-14,18H2,1-3H3;2*1H. The van der Waals surface area contributed by atoms with Gasteiger partial charge in [-0.15, -0.1) is 24.8 Å². The number of hydrogen-bond donors (Lipinski definition) is 1. The van der Waals surface area contributed by atoms with Crippen molar-refractivity contribution in [2.45, 2.75) is 51.5 Å². The van der Waals surface area contributed by atoms with E-state index in [0.29, 0.717) is 13.0 Å². The fourth-order valence-electron chi connectivity index (χ4n) is 3.89. The zero-order valence-electron chi connectivity index (χ0n) is 15.4. The Morgan fingerprint density at radius 1 is 1.21 bits per heavy atom. The van der Waals surface area contributed by atoms with Gasteiger partial charge in [-0.2, -0.15) is 0 Å². The minimum absolute atomic E-state index is 0. The summed E-state index contributed by atoms with van der Waals surface area (Å²) in [5.74, 6) is 0.259. The molecule has 0 radical (unpaired) electrons. The van der Waals surface area contributed by atoms with Crippen molar-refractivity contribution in [1.82, 2.24) is 9.80 Å². The van der Waals surface area contributed by atoms with E-state index >= 15 is 0 Å². The number of ether oxygens (including phenoxy) is 1. The third kappa shape index (κ3) is 6.03. The Bertz CT molecular complexity index is 382. The van der Waals surface area contributed by atoms with Crippen molar-refractivity contribution >= 4 is 30.7 Å². The van der Waals surface area contributed by atoms with Crippen LogP contribution in [0.3, 0.4) is 0 Å². The normalized spacial score (nSPS) is 20.8. The largest absolute Gasteiger partial charge is 0.379 e. The third-order valence-electron chi connectivity index (χ3n) is 5.34. The van der Waals surface area contributed by atoms with Gasteiger partial charge in [0.2, 0.25) is 5.91 Å². The molecule has 1 saturated heterocycles. The Morgan fingerprint density at radius 2 is 1.75 bits per heavy atom. The van der Waals surface area contributed by atoms with E-state index in [1.54, 1.807) is 0 Å². The molecule has 1 saturated carbocycles. The molecule has 2 aliphatic rings. The molecule has 0 atom stereocenters. The van der Waals surface area contributed by atoms with Crippen LogP contribution >= 0.6 is 24.8 Å². The summed E-state index contributed by atoms with van der Waals surface area (Å²) in [5, 5.41) is 0. The molecule has 1 heterocycles. The van der Waals surface area contributed by atoms with Crippen LogP contribution in [0.5, 0.6) is 0 Å². The van der Waals surface area contributed by atoms with Gasteiger partial charge >= 0.3 is 0 Å². The molecule has 0 aromatic rings. The van der Waals surface area contributed by atoms with E-state index in [2.05, 4.69) is 18.7 Å². The van der Waals surface area contributed by atoms with Gasteiger partial charge in [0.05, 0.1) is 13.2 Å². The molecular formula is C17H35Cl2N3O2. The number of rotatable bonds is 6. The Hall–Kier alpha value is -0.0700. The molecule has 144 valence electrons. The molecular weight excluding hydrogens is 349 g/mol. The maximum absolute atomic E-state index is 12.8. The van der Waals surface area contributed by atoms with E-state index in [-0.39, 0.29) is 41.7 Å². The lowest BCUT2D eigenvalue weighted by Crippen LogP contribution is -2.54. The lowest BCUT2D eigenvalue weighted by Gasteiger charge is -2.44. The van der Waals surface area contributed by atoms with Crippen molar-refractivity contribution < 1.29 is 9.53 Å². The van der Waals surface area contributed by atoms with Crippen molar-refractivity contribution in [3.63, 3.8) is 0 Å². The number of morpholine rings is 1. The maximum Gasteiger partial charge on any atom is 0.224 e. The smallest absolute Gasteiger partial charge is 0.224 e. The van der Waals surface area contributed by atoms with E-state index in [1.165, 1.54) is 12.8 Å². The van der Waals surface area contributed by atoms with Crippen LogP contribution in [0.1, 0.15) is 46.0 Å². The highest BCUT2D eigenvalue weighted by Crippen LogP contribution is 2.39. The Morgan fingerprint density at radius 3 is 2.25 bits per heavy atom. The molecule has 2 rings (SSSR count). The molecule has 0 aromatic heterocycles. The van der Waals surface area contributed by atoms with Crippen LogP contribution in [-0.4, -0.2) is 67.7 Å². The minimum Gasteiger partial charge on any atom is -0.379 e. The molecule has 1 aliphatic heterocycles. The number of nitrogens with two attached hydrogens (primary N) is 1. The average molecular weight is 384 g/mol. The summed E-state index contributed by atoms with van der Waals surface area (Å²) in [6.07, 6.45) is 5.41. The van der Waals surface area contributed by atoms with E-state index in [9.17, 15) is 4.79 Å². The van der Waals surface area contributed by atoms with Gasteiger partial charge in [-0.1, -0.05) is 26.7 Å². The third-order valence-corrected chi connectivity index (χ3v) is 5.34. The summed E-state index contributed by atoms with van der Waals surface area (Å²) >= 11 is 0. The number of nitrogens with zero attached hydrogens (tertiary/aromatic N) is 2. The number of halogens is 2. The molecule has 2 N–H and O–H groups in total. The Kier molecular flexibility index (Phi) is 10.1. The van der Waals surface area contributed by atoms with Gasteiger partial charge in [0.25, 0.3) is 0 Å². The van der Waals surface area contributed by atoms with Crippen molar-refractivity contribution in [3.05, 3.63) is 0 Å². The van der Waals surface area contributed by atoms with Crippen LogP contribution in [-0.2, 0) is 9.53 Å². The fourth-order valence-corrected chi connectivity index (χ4v) is 3.89. The number of carbonyl (C=O) groups excluding carboxylic acids is 1. The molecule has 2 fully saturated rings. The summed E-state index contributed by atoms with van der Waals surface area (Å²) in [5.41, 5.74) is 5.85. The van der Waals surface area contributed by atoms with E-state index in [0.717, 1.165) is 45.7 Å². The predicted molar refractivity (Wildman–Crippen MR) is 103 cm³/mol. The molecule has 0 bridgehead atoms. The number of hydrogen-bond acceptors (Lipinski definition) is 4. The Balaban J connectivity index is 0.00000264. The highest BCUT2D eigenvalue weighted by Gasteiger charge is 2.42. The van der Waals surface area contributed by atoms with Crippen molar-refractivity contribution in [3.8, 4) is 0 Å². The fraction of sp³-hybridized carbons (Fsp3) is 0.941. The number of amides is 1. The monoisotopic (exact) mass is 383 g/mol. The maximum atomic E-state index is 12.8. The Labute approximate surface area is 159 Å². The summed E-state index contributed by atoms with van der Waals surface area (Å²) in [6.45, 7) is 9.07. The second-order valence-corrected chi connectivity index (χ2v) is 7.83. The van der Waals surface area contributed by atoms with E-state index in [1.807, 2.05) is 11.9 Å². The van der Waals surface area contributed by atoms with Crippen LogP contribution in [0.4, 0.5) is 0 Å². The first kappa shape index (κ1) is 23.9. The first-order valence-corrected chi connectivity index (χ1v) is 8.65. The molecule has 5 nitrogen and oxygen atoms in total.